The standard InChI is InChI=1S/C10H15N3O3S/c11-17(15,16)6-2-5-13-10(14)7-9-3-1-4-12-8-9/h1,3-4,8H,2,5-7H2,(H,13,14)(H2,11,15,16). The van der Waals surface area contributed by atoms with Crippen LogP contribution in [0.5, 0.6) is 0 Å². The monoisotopic (exact) mass is 257 g/mol. The van der Waals surface area contributed by atoms with E-state index in [0.29, 0.717) is 13.0 Å². The molecule has 0 saturated heterocycles. The molecule has 1 aromatic rings. The molecule has 1 aromatic heterocycles. The van der Waals surface area contributed by atoms with Gasteiger partial charge >= 0.3 is 0 Å². The molecule has 1 heterocycles. The number of rotatable bonds is 6. The summed E-state index contributed by atoms with van der Waals surface area (Å²) in [6.07, 6.45) is 3.80. The predicted octanol–water partition coefficient (Wildman–Crippen LogP) is -0.581. The molecule has 7 heteroatoms. The summed E-state index contributed by atoms with van der Waals surface area (Å²) in [7, 11) is -3.44. The van der Waals surface area contributed by atoms with Crippen molar-refractivity contribution in [3.63, 3.8) is 0 Å². The van der Waals surface area contributed by atoms with E-state index in [0.717, 1.165) is 5.56 Å². The lowest BCUT2D eigenvalue weighted by Gasteiger charge is -2.04. The average molecular weight is 257 g/mol. The van der Waals surface area contributed by atoms with E-state index in [1.165, 1.54) is 0 Å². The third-order valence-corrected chi connectivity index (χ3v) is 2.87. The van der Waals surface area contributed by atoms with Crippen LogP contribution in [0, 0.1) is 0 Å². The van der Waals surface area contributed by atoms with Crippen LogP contribution in [0.2, 0.25) is 0 Å². The molecule has 0 bridgehead atoms. The van der Waals surface area contributed by atoms with Crippen molar-refractivity contribution >= 4 is 15.9 Å². The van der Waals surface area contributed by atoms with Gasteiger partial charge in [0.15, 0.2) is 0 Å². The van der Waals surface area contributed by atoms with Gasteiger partial charge in [0.1, 0.15) is 0 Å². The first-order valence-electron chi connectivity index (χ1n) is 5.13. The molecule has 1 rings (SSSR count). The zero-order valence-electron chi connectivity index (χ0n) is 9.30. The summed E-state index contributed by atoms with van der Waals surface area (Å²) in [5.74, 6) is -0.285. The minimum Gasteiger partial charge on any atom is -0.356 e. The summed E-state index contributed by atoms with van der Waals surface area (Å²) in [6, 6.07) is 3.56. The van der Waals surface area contributed by atoms with Crippen molar-refractivity contribution in [1.82, 2.24) is 10.3 Å². The third kappa shape index (κ3) is 6.64. The van der Waals surface area contributed by atoms with Crippen LogP contribution < -0.4 is 10.5 Å². The summed E-state index contributed by atoms with van der Waals surface area (Å²) in [5, 5.41) is 7.44. The molecule has 0 fully saturated rings. The summed E-state index contributed by atoms with van der Waals surface area (Å²) < 4.78 is 21.2. The minimum atomic E-state index is -3.44. The first-order valence-corrected chi connectivity index (χ1v) is 6.85. The van der Waals surface area contributed by atoms with Crippen molar-refractivity contribution in [2.45, 2.75) is 12.8 Å². The number of hydrogen-bond donors (Lipinski definition) is 2. The van der Waals surface area contributed by atoms with Crippen LogP contribution in [0.4, 0.5) is 0 Å². The molecule has 94 valence electrons. The first-order chi connectivity index (χ1) is 7.97. The SMILES string of the molecule is NS(=O)(=O)CCCNC(=O)Cc1cccnc1. The number of carbonyl (C=O) groups excluding carboxylic acids is 1. The summed E-state index contributed by atoms with van der Waals surface area (Å²) in [6.45, 7) is 0.301. The Labute approximate surface area is 100 Å². The summed E-state index contributed by atoms with van der Waals surface area (Å²) >= 11 is 0. The fourth-order valence-corrected chi connectivity index (χ4v) is 1.80. The van der Waals surface area contributed by atoms with Crippen molar-refractivity contribution in [3.05, 3.63) is 30.1 Å². The number of nitrogens with one attached hydrogen (secondary N) is 1. The zero-order chi connectivity index (χ0) is 12.7. The quantitative estimate of drug-likeness (QED) is 0.665. The molecule has 0 atom stereocenters. The van der Waals surface area contributed by atoms with E-state index in [1.807, 2.05) is 0 Å². The Morgan fingerprint density at radius 2 is 2.24 bits per heavy atom. The molecule has 0 spiro atoms. The van der Waals surface area contributed by atoms with E-state index in [9.17, 15) is 13.2 Å². The largest absolute Gasteiger partial charge is 0.356 e. The van der Waals surface area contributed by atoms with Gasteiger partial charge < -0.3 is 5.32 Å². The molecular weight excluding hydrogens is 242 g/mol. The number of nitrogens with zero attached hydrogens (tertiary/aromatic N) is 1. The number of sulfonamides is 1. The number of carbonyl (C=O) groups is 1. The maximum absolute atomic E-state index is 11.4. The molecule has 0 saturated carbocycles. The van der Waals surface area contributed by atoms with Gasteiger partial charge in [-0.05, 0) is 18.1 Å². The van der Waals surface area contributed by atoms with Gasteiger partial charge in [-0.15, -0.1) is 0 Å². The normalized spacial score (nSPS) is 11.1. The van der Waals surface area contributed by atoms with E-state index in [-0.39, 0.29) is 18.1 Å². The first kappa shape index (κ1) is 13.6. The lowest BCUT2D eigenvalue weighted by atomic mass is 10.2. The summed E-state index contributed by atoms with van der Waals surface area (Å²) in [4.78, 5) is 15.3. The molecule has 3 N–H and O–H groups in total. The van der Waals surface area contributed by atoms with Crippen molar-refractivity contribution < 1.29 is 13.2 Å². The van der Waals surface area contributed by atoms with Gasteiger partial charge in [-0.3, -0.25) is 9.78 Å². The molecule has 6 nitrogen and oxygen atoms in total. The van der Waals surface area contributed by atoms with Gasteiger partial charge in [0.25, 0.3) is 0 Å². The van der Waals surface area contributed by atoms with Crippen LogP contribution in [0.15, 0.2) is 24.5 Å². The van der Waals surface area contributed by atoms with Crippen molar-refractivity contribution in [1.29, 1.82) is 0 Å². The van der Waals surface area contributed by atoms with E-state index in [2.05, 4.69) is 10.3 Å². The molecule has 0 radical (unpaired) electrons. The van der Waals surface area contributed by atoms with Crippen LogP contribution in [-0.4, -0.2) is 31.6 Å². The van der Waals surface area contributed by atoms with E-state index >= 15 is 0 Å². The topological polar surface area (TPSA) is 102 Å². The lowest BCUT2D eigenvalue weighted by Crippen LogP contribution is -2.28. The number of pyridine rings is 1. The van der Waals surface area contributed by atoms with Gasteiger partial charge in [0.05, 0.1) is 12.2 Å². The Kier molecular flexibility index (Phi) is 5.05. The van der Waals surface area contributed by atoms with Crippen LogP contribution in [0.25, 0.3) is 0 Å². The molecule has 0 aliphatic heterocycles. The Morgan fingerprint density at radius 1 is 1.47 bits per heavy atom. The average Bonchev–Trinajstić information content (AvgIpc) is 2.25. The molecular formula is C10H15N3O3S. The maximum Gasteiger partial charge on any atom is 0.224 e. The minimum absolute atomic E-state index is 0.125. The second-order valence-electron chi connectivity index (χ2n) is 3.61. The Morgan fingerprint density at radius 3 is 2.82 bits per heavy atom. The maximum atomic E-state index is 11.4. The van der Waals surface area contributed by atoms with Crippen molar-refractivity contribution in [3.8, 4) is 0 Å². The van der Waals surface area contributed by atoms with E-state index in [4.69, 9.17) is 5.14 Å². The van der Waals surface area contributed by atoms with Gasteiger partial charge in [-0.1, -0.05) is 6.07 Å². The highest BCUT2D eigenvalue weighted by atomic mass is 32.2. The highest BCUT2D eigenvalue weighted by Crippen LogP contribution is 1.96. The Balaban J connectivity index is 2.23. The third-order valence-electron chi connectivity index (χ3n) is 2.02. The van der Waals surface area contributed by atoms with Crippen molar-refractivity contribution in [2.24, 2.45) is 5.14 Å². The van der Waals surface area contributed by atoms with Crippen LogP contribution in [0.1, 0.15) is 12.0 Å². The predicted molar refractivity (Wildman–Crippen MR) is 63.5 cm³/mol. The fraction of sp³-hybridized carbons (Fsp3) is 0.400. The molecule has 0 aliphatic rings. The Hall–Kier alpha value is -1.47. The number of nitrogens with two attached hydrogens (primary N) is 1. The molecule has 1 amide bonds. The van der Waals surface area contributed by atoms with Gasteiger partial charge in [0.2, 0.25) is 15.9 Å². The highest BCUT2D eigenvalue weighted by molar-refractivity contribution is 7.89. The van der Waals surface area contributed by atoms with Gasteiger partial charge in [0, 0.05) is 18.9 Å². The van der Waals surface area contributed by atoms with E-state index in [1.54, 1.807) is 24.5 Å². The van der Waals surface area contributed by atoms with Crippen LogP contribution in [0.3, 0.4) is 0 Å². The van der Waals surface area contributed by atoms with Crippen LogP contribution >= 0.6 is 0 Å². The molecule has 0 unspecified atom stereocenters. The second kappa shape index (κ2) is 6.31. The fourth-order valence-electron chi connectivity index (χ4n) is 1.25. The molecule has 0 aromatic carbocycles. The summed E-state index contributed by atoms with van der Waals surface area (Å²) in [5.41, 5.74) is 0.816. The Bertz CT molecular complexity index is 459. The van der Waals surface area contributed by atoms with Gasteiger partial charge in [-0.2, -0.15) is 0 Å². The zero-order valence-corrected chi connectivity index (χ0v) is 10.1. The van der Waals surface area contributed by atoms with Crippen LogP contribution in [-0.2, 0) is 21.2 Å². The number of amides is 1. The molecule has 0 aliphatic carbocycles. The smallest absolute Gasteiger partial charge is 0.224 e. The number of aromatic nitrogens is 1. The van der Waals surface area contributed by atoms with E-state index < -0.39 is 10.0 Å². The lowest BCUT2D eigenvalue weighted by molar-refractivity contribution is -0.120. The van der Waals surface area contributed by atoms with Gasteiger partial charge in [-0.25, -0.2) is 13.6 Å². The highest BCUT2D eigenvalue weighted by Gasteiger charge is 2.05. The number of primary sulfonamides is 1. The second-order valence-corrected chi connectivity index (χ2v) is 5.34. The number of hydrogen-bond acceptors (Lipinski definition) is 4. The molecule has 17 heavy (non-hydrogen) atoms. The van der Waals surface area contributed by atoms with Crippen molar-refractivity contribution in [2.75, 3.05) is 12.3 Å².